The maximum atomic E-state index is 13.1. The lowest BCUT2D eigenvalue weighted by atomic mass is 10.2. The van der Waals surface area contributed by atoms with Crippen LogP contribution in [0.4, 0.5) is 24.4 Å². The van der Waals surface area contributed by atoms with Gasteiger partial charge in [-0.1, -0.05) is 41.7 Å². The largest absolute Gasteiger partial charge is 0.325 e. The number of hydrogen-bond acceptors (Lipinski definition) is 4. The normalized spacial score (nSPS) is 10.3. The van der Waals surface area contributed by atoms with Gasteiger partial charge in [-0.25, -0.2) is 13.6 Å². The third-order valence-corrected chi connectivity index (χ3v) is 3.73. The number of hydrogen-bond donors (Lipinski definition) is 2. The summed E-state index contributed by atoms with van der Waals surface area (Å²) in [5.74, 6) is -2.02. The fraction of sp³-hybridized carbons (Fsp3) is 0. The van der Waals surface area contributed by atoms with Crippen LogP contribution in [0, 0.1) is 11.6 Å². The van der Waals surface area contributed by atoms with E-state index in [0.717, 1.165) is 17.7 Å². The Balaban J connectivity index is 1.66. The van der Waals surface area contributed by atoms with E-state index in [0.29, 0.717) is 10.1 Å². The SMILES string of the molecule is O=C(Nc1ccc(F)c(F)c1)Nc1nnc(-c2ccccc2)s1. The molecular formula is C15H10F2N4OS. The molecule has 0 saturated carbocycles. The molecule has 0 atom stereocenters. The maximum Gasteiger partial charge on any atom is 0.325 e. The van der Waals surface area contributed by atoms with Gasteiger partial charge in [0.05, 0.1) is 0 Å². The molecule has 3 aromatic rings. The van der Waals surface area contributed by atoms with E-state index >= 15 is 0 Å². The van der Waals surface area contributed by atoms with Crippen molar-refractivity contribution in [2.24, 2.45) is 0 Å². The molecule has 0 aliphatic rings. The van der Waals surface area contributed by atoms with Gasteiger partial charge in [0.25, 0.3) is 0 Å². The highest BCUT2D eigenvalue weighted by Crippen LogP contribution is 2.26. The average Bonchev–Trinajstić information content (AvgIpc) is 3.00. The molecule has 2 aromatic carbocycles. The van der Waals surface area contributed by atoms with Crippen LogP contribution in [0.15, 0.2) is 48.5 Å². The highest BCUT2D eigenvalue weighted by Gasteiger charge is 2.10. The third kappa shape index (κ3) is 3.67. The summed E-state index contributed by atoms with van der Waals surface area (Å²) in [7, 11) is 0. The van der Waals surface area contributed by atoms with Crippen molar-refractivity contribution in [1.82, 2.24) is 10.2 Å². The van der Waals surface area contributed by atoms with Crippen LogP contribution in [0.1, 0.15) is 0 Å². The molecule has 23 heavy (non-hydrogen) atoms. The molecule has 116 valence electrons. The zero-order valence-corrected chi connectivity index (χ0v) is 12.4. The number of anilines is 2. The summed E-state index contributed by atoms with van der Waals surface area (Å²) in [5, 5.41) is 13.7. The molecule has 8 heteroatoms. The molecule has 2 amide bonds. The Morgan fingerprint density at radius 1 is 0.957 bits per heavy atom. The molecule has 0 spiro atoms. The van der Waals surface area contributed by atoms with Crippen molar-refractivity contribution in [3.05, 3.63) is 60.2 Å². The highest BCUT2D eigenvalue weighted by molar-refractivity contribution is 7.18. The molecule has 0 radical (unpaired) electrons. The van der Waals surface area contributed by atoms with Crippen molar-refractivity contribution in [3.63, 3.8) is 0 Å². The number of amides is 2. The summed E-state index contributed by atoms with van der Waals surface area (Å²) in [6.45, 7) is 0. The zero-order chi connectivity index (χ0) is 16.2. The van der Waals surface area contributed by atoms with E-state index in [4.69, 9.17) is 0 Å². The second-order valence-electron chi connectivity index (χ2n) is 4.49. The molecule has 1 heterocycles. The Morgan fingerprint density at radius 3 is 2.48 bits per heavy atom. The summed E-state index contributed by atoms with van der Waals surface area (Å²) < 4.78 is 25.9. The molecule has 2 N–H and O–H groups in total. The van der Waals surface area contributed by atoms with E-state index in [1.165, 1.54) is 17.4 Å². The van der Waals surface area contributed by atoms with Crippen molar-refractivity contribution in [2.45, 2.75) is 0 Å². The first-order valence-electron chi connectivity index (χ1n) is 6.54. The molecule has 3 rings (SSSR count). The Morgan fingerprint density at radius 2 is 1.74 bits per heavy atom. The smallest absolute Gasteiger partial charge is 0.308 e. The molecular weight excluding hydrogens is 322 g/mol. The number of carbonyl (C=O) groups excluding carboxylic acids is 1. The number of aromatic nitrogens is 2. The first-order chi connectivity index (χ1) is 11.1. The van der Waals surface area contributed by atoms with Crippen molar-refractivity contribution >= 4 is 28.2 Å². The van der Waals surface area contributed by atoms with E-state index in [-0.39, 0.29) is 5.69 Å². The van der Waals surface area contributed by atoms with Crippen molar-refractivity contribution in [1.29, 1.82) is 0 Å². The average molecular weight is 332 g/mol. The zero-order valence-electron chi connectivity index (χ0n) is 11.6. The summed E-state index contributed by atoms with van der Waals surface area (Å²) in [6, 6.07) is 11.9. The first-order valence-corrected chi connectivity index (χ1v) is 7.35. The number of benzene rings is 2. The number of nitrogens with zero attached hydrogens (tertiary/aromatic N) is 2. The third-order valence-electron chi connectivity index (χ3n) is 2.84. The number of halogens is 2. The Kier molecular flexibility index (Phi) is 4.24. The lowest BCUT2D eigenvalue weighted by molar-refractivity contribution is 0.262. The van der Waals surface area contributed by atoms with E-state index in [9.17, 15) is 13.6 Å². The minimum Gasteiger partial charge on any atom is -0.308 e. The topological polar surface area (TPSA) is 66.9 Å². The van der Waals surface area contributed by atoms with Crippen molar-refractivity contribution in [3.8, 4) is 10.6 Å². The highest BCUT2D eigenvalue weighted by atomic mass is 32.1. The number of rotatable bonds is 3. The van der Waals surface area contributed by atoms with Gasteiger partial charge in [0.2, 0.25) is 5.13 Å². The van der Waals surface area contributed by atoms with Gasteiger partial charge >= 0.3 is 6.03 Å². The molecule has 0 unspecified atom stereocenters. The lowest BCUT2D eigenvalue weighted by Crippen LogP contribution is -2.19. The predicted octanol–water partition coefficient (Wildman–Crippen LogP) is 4.13. The van der Waals surface area contributed by atoms with Gasteiger partial charge in [-0.15, -0.1) is 10.2 Å². The molecule has 0 fully saturated rings. The number of carbonyl (C=O) groups is 1. The second kappa shape index (κ2) is 6.49. The van der Waals surface area contributed by atoms with Crippen LogP contribution in [-0.2, 0) is 0 Å². The standard InChI is InChI=1S/C15H10F2N4OS/c16-11-7-6-10(8-12(11)17)18-14(22)19-15-21-20-13(23-15)9-4-2-1-3-5-9/h1-8H,(H2,18,19,21,22). The summed E-state index contributed by atoms with van der Waals surface area (Å²) >= 11 is 1.20. The van der Waals surface area contributed by atoms with Crippen LogP contribution in [-0.4, -0.2) is 16.2 Å². The van der Waals surface area contributed by atoms with Crippen LogP contribution in [0.2, 0.25) is 0 Å². The van der Waals surface area contributed by atoms with Crippen molar-refractivity contribution < 1.29 is 13.6 Å². The van der Waals surface area contributed by atoms with Crippen molar-refractivity contribution in [2.75, 3.05) is 10.6 Å². The van der Waals surface area contributed by atoms with E-state index in [1.54, 1.807) is 0 Å². The van der Waals surface area contributed by atoms with Gasteiger partial charge < -0.3 is 5.32 Å². The Hall–Kier alpha value is -2.87. The molecule has 0 aliphatic heterocycles. The van der Waals surface area contributed by atoms with Crippen LogP contribution in [0.3, 0.4) is 0 Å². The second-order valence-corrected chi connectivity index (χ2v) is 5.46. The molecule has 0 aliphatic carbocycles. The van der Waals surface area contributed by atoms with Gasteiger partial charge in [-0.2, -0.15) is 0 Å². The van der Waals surface area contributed by atoms with Gasteiger partial charge in [0.15, 0.2) is 11.6 Å². The molecule has 1 aromatic heterocycles. The first kappa shape index (κ1) is 15.0. The predicted molar refractivity (Wildman–Crippen MR) is 84.3 cm³/mol. The van der Waals surface area contributed by atoms with E-state index in [2.05, 4.69) is 20.8 Å². The Labute approximate surface area is 134 Å². The monoisotopic (exact) mass is 332 g/mol. The van der Waals surface area contributed by atoms with Crippen LogP contribution in [0.25, 0.3) is 10.6 Å². The van der Waals surface area contributed by atoms with Gasteiger partial charge in [0, 0.05) is 17.3 Å². The fourth-order valence-electron chi connectivity index (χ4n) is 1.80. The van der Waals surface area contributed by atoms with Gasteiger partial charge in [-0.3, -0.25) is 5.32 Å². The van der Waals surface area contributed by atoms with E-state index < -0.39 is 17.7 Å². The van der Waals surface area contributed by atoms with Crippen LogP contribution < -0.4 is 10.6 Å². The minimum absolute atomic E-state index is 0.134. The molecule has 0 saturated heterocycles. The van der Waals surface area contributed by atoms with Crippen LogP contribution in [0.5, 0.6) is 0 Å². The van der Waals surface area contributed by atoms with Crippen LogP contribution >= 0.6 is 11.3 Å². The number of urea groups is 1. The lowest BCUT2D eigenvalue weighted by Gasteiger charge is -2.05. The van der Waals surface area contributed by atoms with Gasteiger partial charge in [0.1, 0.15) is 5.01 Å². The van der Waals surface area contributed by atoms with E-state index in [1.807, 2.05) is 30.3 Å². The molecule has 5 nitrogen and oxygen atoms in total. The quantitative estimate of drug-likeness (QED) is 0.758. The molecule has 0 bridgehead atoms. The summed E-state index contributed by atoms with van der Waals surface area (Å²) in [4.78, 5) is 11.8. The summed E-state index contributed by atoms with van der Waals surface area (Å²) in [5.41, 5.74) is 1.02. The fourth-order valence-corrected chi connectivity index (χ4v) is 2.55. The van der Waals surface area contributed by atoms with Gasteiger partial charge in [-0.05, 0) is 12.1 Å². The maximum absolute atomic E-state index is 13.1. The summed E-state index contributed by atoms with van der Waals surface area (Å²) in [6.07, 6.45) is 0. The Bertz CT molecular complexity index is 839. The minimum atomic E-state index is -1.04. The number of nitrogens with one attached hydrogen (secondary N) is 2.